The van der Waals surface area contributed by atoms with Crippen LogP contribution in [0.1, 0.15) is 26.7 Å². The van der Waals surface area contributed by atoms with Gasteiger partial charge in [-0.3, -0.25) is 4.79 Å². The van der Waals surface area contributed by atoms with Gasteiger partial charge in [-0.25, -0.2) is 0 Å². The van der Waals surface area contributed by atoms with Crippen molar-refractivity contribution in [2.24, 2.45) is 11.7 Å². The fourth-order valence-electron chi connectivity index (χ4n) is 1.01. The van der Waals surface area contributed by atoms with Crippen LogP contribution in [0.15, 0.2) is 0 Å². The van der Waals surface area contributed by atoms with Crippen molar-refractivity contribution in [2.45, 2.75) is 32.7 Å². The number of carbonyl (C=O) groups excluding carboxylic acids is 1. The molecule has 3 N–H and O–H groups in total. The number of hydrogen-bond donors (Lipinski definition) is 2. The standard InChI is InChI=1S/C8H17NO2/c1-3-8(11)6(2)4-7(9)5-10/h6-7,10H,3-5,9H2,1-2H3. The fraction of sp³-hybridized carbons (Fsp3) is 0.875. The van der Waals surface area contributed by atoms with E-state index in [1.54, 1.807) is 0 Å². The molecule has 0 aromatic carbocycles. The lowest BCUT2D eigenvalue weighted by Gasteiger charge is -2.12. The van der Waals surface area contributed by atoms with Gasteiger partial charge < -0.3 is 10.8 Å². The first kappa shape index (κ1) is 10.6. The lowest BCUT2D eigenvalue weighted by Crippen LogP contribution is -2.29. The van der Waals surface area contributed by atoms with Gasteiger partial charge >= 0.3 is 0 Å². The molecule has 3 heteroatoms. The van der Waals surface area contributed by atoms with Crippen molar-refractivity contribution in [3.63, 3.8) is 0 Å². The smallest absolute Gasteiger partial charge is 0.135 e. The SMILES string of the molecule is CCC(=O)C(C)CC(N)CO. The quantitative estimate of drug-likeness (QED) is 0.607. The molecule has 0 rings (SSSR count). The zero-order chi connectivity index (χ0) is 8.85. The normalized spacial score (nSPS) is 16.0. The third-order valence-corrected chi connectivity index (χ3v) is 1.79. The van der Waals surface area contributed by atoms with Gasteiger partial charge in [-0.1, -0.05) is 13.8 Å². The molecule has 0 saturated heterocycles. The van der Waals surface area contributed by atoms with E-state index in [0.717, 1.165) is 0 Å². The van der Waals surface area contributed by atoms with Crippen LogP contribution in [0.2, 0.25) is 0 Å². The van der Waals surface area contributed by atoms with Gasteiger partial charge in [-0.15, -0.1) is 0 Å². The first-order valence-electron chi connectivity index (χ1n) is 4.01. The van der Waals surface area contributed by atoms with Crippen molar-refractivity contribution >= 4 is 5.78 Å². The Hall–Kier alpha value is -0.410. The minimum atomic E-state index is -0.250. The van der Waals surface area contributed by atoms with Gasteiger partial charge in [-0.05, 0) is 6.42 Å². The molecule has 0 aliphatic rings. The van der Waals surface area contributed by atoms with E-state index in [1.807, 2.05) is 13.8 Å². The van der Waals surface area contributed by atoms with Crippen molar-refractivity contribution in [2.75, 3.05) is 6.61 Å². The predicted octanol–water partition coefficient (Wildman–Crippen LogP) is 0.311. The maximum absolute atomic E-state index is 11.0. The van der Waals surface area contributed by atoms with Crippen LogP contribution in [0.3, 0.4) is 0 Å². The summed E-state index contributed by atoms with van der Waals surface area (Å²) in [5.41, 5.74) is 5.46. The Labute approximate surface area is 67.6 Å². The molecule has 2 unspecified atom stereocenters. The summed E-state index contributed by atoms with van der Waals surface area (Å²) >= 11 is 0. The van der Waals surface area contributed by atoms with Gasteiger partial charge in [0, 0.05) is 18.4 Å². The summed E-state index contributed by atoms with van der Waals surface area (Å²) in [5, 5.41) is 8.60. The Balaban J connectivity index is 3.67. The van der Waals surface area contributed by atoms with Crippen LogP contribution >= 0.6 is 0 Å². The monoisotopic (exact) mass is 159 g/mol. The number of hydrogen-bond acceptors (Lipinski definition) is 3. The maximum atomic E-state index is 11.0. The van der Waals surface area contributed by atoms with E-state index >= 15 is 0 Å². The molecule has 0 bridgehead atoms. The summed E-state index contributed by atoms with van der Waals surface area (Å²) in [6.45, 7) is 3.64. The Morgan fingerprint density at radius 2 is 2.18 bits per heavy atom. The highest BCUT2D eigenvalue weighted by atomic mass is 16.3. The van der Waals surface area contributed by atoms with E-state index in [9.17, 15) is 4.79 Å². The number of aliphatic hydroxyl groups excluding tert-OH is 1. The molecule has 0 aromatic rings. The van der Waals surface area contributed by atoms with Gasteiger partial charge in [0.25, 0.3) is 0 Å². The van der Waals surface area contributed by atoms with Crippen molar-refractivity contribution < 1.29 is 9.90 Å². The van der Waals surface area contributed by atoms with Crippen LogP contribution in [-0.2, 0) is 4.79 Å². The van der Waals surface area contributed by atoms with E-state index in [0.29, 0.717) is 12.8 Å². The van der Waals surface area contributed by atoms with Gasteiger partial charge in [0.15, 0.2) is 0 Å². The van der Waals surface area contributed by atoms with E-state index in [2.05, 4.69) is 0 Å². The van der Waals surface area contributed by atoms with Crippen molar-refractivity contribution in [3.05, 3.63) is 0 Å². The zero-order valence-corrected chi connectivity index (χ0v) is 7.21. The summed E-state index contributed by atoms with van der Waals surface area (Å²) in [6, 6.07) is -0.250. The Morgan fingerprint density at radius 3 is 2.55 bits per heavy atom. The minimum Gasteiger partial charge on any atom is -0.395 e. The van der Waals surface area contributed by atoms with E-state index in [4.69, 9.17) is 10.8 Å². The molecular formula is C8H17NO2. The summed E-state index contributed by atoms with van der Waals surface area (Å²) in [5.74, 6) is 0.205. The van der Waals surface area contributed by atoms with Crippen LogP contribution in [0, 0.1) is 5.92 Å². The van der Waals surface area contributed by atoms with Gasteiger partial charge in [0.1, 0.15) is 5.78 Å². The second kappa shape index (κ2) is 5.27. The maximum Gasteiger partial charge on any atom is 0.135 e. The average Bonchev–Trinajstić information content (AvgIpc) is 2.02. The third-order valence-electron chi connectivity index (χ3n) is 1.79. The van der Waals surface area contributed by atoms with Crippen LogP contribution in [0.25, 0.3) is 0 Å². The number of Topliss-reactive ketones (excluding diaryl/α,β-unsaturated/α-hetero) is 1. The zero-order valence-electron chi connectivity index (χ0n) is 7.21. The minimum absolute atomic E-state index is 0.0119. The molecule has 0 heterocycles. The van der Waals surface area contributed by atoms with Crippen molar-refractivity contribution in [3.8, 4) is 0 Å². The average molecular weight is 159 g/mol. The molecule has 0 aliphatic carbocycles. The molecule has 2 atom stereocenters. The van der Waals surface area contributed by atoms with Gasteiger partial charge in [0.05, 0.1) is 6.61 Å². The van der Waals surface area contributed by atoms with Crippen LogP contribution in [0.4, 0.5) is 0 Å². The highest BCUT2D eigenvalue weighted by molar-refractivity contribution is 5.80. The highest BCUT2D eigenvalue weighted by Crippen LogP contribution is 2.07. The molecule has 0 fully saturated rings. The molecule has 0 aromatic heterocycles. The van der Waals surface area contributed by atoms with Crippen molar-refractivity contribution in [1.29, 1.82) is 0 Å². The third kappa shape index (κ3) is 4.11. The molecule has 3 nitrogen and oxygen atoms in total. The second-order valence-electron chi connectivity index (χ2n) is 2.90. The molecule has 11 heavy (non-hydrogen) atoms. The number of ketones is 1. The fourth-order valence-corrected chi connectivity index (χ4v) is 1.01. The predicted molar refractivity (Wildman–Crippen MR) is 44.1 cm³/mol. The van der Waals surface area contributed by atoms with Gasteiger partial charge in [0.2, 0.25) is 0 Å². The number of carbonyl (C=O) groups is 1. The Kier molecular flexibility index (Phi) is 5.07. The number of aliphatic hydroxyl groups is 1. The first-order valence-corrected chi connectivity index (χ1v) is 4.01. The lowest BCUT2D eigenvalue weighted by molar-refractivity contribution is -0.122. The molecular weight excluding hydrogens is 142 g/mol. The molecule has 0 radical (unpaired) electrons. The molecule has 0 saturated carbocycles. The second-order valence-corrected chi connectivity index (χ2v) is 2.90. The molecule has 0 amide bonds. The summed E-state index contributed by atoms with van der Waals surface area (Å²) < 4.78 is 0. The molecule has 66 valence electrons. The number of nitrogens with two attached hydrogens (primary N) is 1. The number of rotatable bonds is 5. The van der Waals surface area contributed by atoms with Gasteiger partial charge in [-0.2, -0.15) is 0 Å². The van der Waals surface area contributed by atoms with E-state index in [1.165, 1.54) is 0 Å². The van der Waals surface area contributed by atoms with Crippen molar-refractivity contribution in [1.82, 2.24) is 0 Å². The summed E-state index contributed by atoms with van der Waals surface area (Å²) in [4.78, 5) is 11.0. The molecule has 0 aliphatic heterocycles. The van der Waals surface area contributed by atoms with Crippen LogP contribution in [0.5, 0.6) is 0 Å². The first-order chi connectivity index (χ1) is 5.11. The molecule has 0 spiro atoms. The Bertz CT molecular complexity index is 125. The van der Waals surface area contributed by atoms with Crippen LogP contribution < -0.4 is 5.73 Å². The Morgan fingerprint density at radius 1 is 1.64 bits per heavy atom. The summed E-state index contributed by atoms with van der Waals surface area (Å²) in [7, 11) is 0. The largest absolute Gasteiger partial charge is 0.395 e. The summed E-state index contributed by atoms with van der Waals surface area (Å²) in [6.07, 6.45) is 1.14. The van der Waals surface area contributed by atoms with E-state index in [-0.39, 0.29) is 24.3 Å². The van der Waals surface area contributed by atoms with E-state index < -0.39 is 0 Å². The lowest BCUT2D eigenvalue weighted by atomic mass is 9.97. The van der Waals surface area contributed by atoms with Crippen LogP contribution in [-0.4, -0.2) is 23.5 Å². The topological polar surface area (TPSA) is 63.3 Å². The highest BCUT2D eigenvalue weighted by Gasteiger charge is 2.13.